The monoisotopic (exact) mass is 516 g/mol. The number of carbonyl (C=O) groups is 4. The fourth-order valence-electron chi connectivity index (χ4n) is 4.62. The highest BCUT2D eigenvalue weighted by atomic mass is 16.5. The minimum Gasteiger partial charge on any atom is -0.508 e. The Balaban J connectivity index is 2.17. The Hall–Kier alpha value is -4.26. The van der Waals surface area contributed by atoms with Gasteiger partial charge in [-0.05, 0) is 53.9 Å². The number of phenols is 2. The van der Waals surface area contributed by atoms with E-state index in [1.165, 1.54) is 43.3 Å². The van der Waals surface area contributed by atoms with Crippen molar-refractivity contribution >= 4 is 24.3 Å². The lowest BCUT2D eigenvalue weighted by Gasteiger charge is -2.23. The van der Waals surface area contributed by atoms with Gasteiger partial charge < -0.3 is 14.9 Å². The van der Waals surface area contributed by atoms with Crippen LogP contribution in [0, 0.1) is 0 Å². The summed E-state index contributed by atoms with van der Waals surface area (Å²) in [7, 11) is 0. The van der Waals surface area contributed by atoms with Crippen LogP contribution in [0.4, 0.5) is 0 Å². The molecule has 1 atom stereocenters. The molecule has 0 aliphatic carbocycles. The fraction of sp³-hybridized carbons (Fsp3) is 0.290. The summed E-state index contributed by atoms with van der Waals surface area (Å²) in [6.45, 7) is 3.00. The normalized spacial score (nSPS) is 11.7. The summed E-state index contributed by atoms with van der Waals surface area (Å²) < 4.78 is 4.99. The van der Waals surface area contributed by atoms with Crippen LogP contribution in [0.3, 0.4) is 0 Å². The third kappa shape index (κ3) is 6.94. The average molecular weight is 517 g/mol. The largest absolute Gasteiger partial charge is 0.508 e. The van der Waals surface area contributed by atoms with Crippen LogP contribution in [-0.2, 0) is 14.3 Å². The molecule has 0 fully saturated rings. The number of carbonyl (C=O) groups excluding carboxylic acids is 4. The van der Waals surface area contributed by atoms with Gasteiger partial charge in [0.05, 0.1) is 0 Å². The number of Topliss-reactive ketones (excluding diaryl/α,β-unsaturated/α-hetero) is 1. The van der Waals surface area contributed by atoms with Gasteiger partial charge in [-0.1, -0.05) is 50.5 Å². The van der Waals surface area contributed by atoms with Crippen LogP contribution in [0.25, 0.3) is 0 Å². The van der Waals surface area contributed by atoms with Crippen molar-refractivity contribution in [2.24, 2.45) is 0 Å². The van der Waals surface area contributed by atoms with Crippen molar-refractivity contribution in [2.45, 2.75) is 51.4 Å². The van der Waals surface area contributed by atoms with Gasteiger partial charge in [0, 0.05) is 41.0 Å². The Bertz CT molecular complexity index is 1250. The lowest BCUT2D eigenvalue weighted by atomic mass is 9.80. The number of rotatable bonds is 13. The topological polar surface area (TPSA) is 118 Å². The molecule has 0 amide bonds. The number of aromatic hydroxyl groups is 2. The van der Waals surface area contributed by atoms with Gasteiger partial charge in [-0.3, -0.25) is 19.2 Å². The number of esters is 1. The molecule has 198 valence electrons. The first-order chi connectivity index (χ1) is 18.3. The average Bonchev–Trinajstić information content (AvgIpc) is 2.92. The number of ether oxygens (including phenoxy) is 1. The van der Waals surface area contributed by atoms with Crippen molar-refractivity contribution in [1.82, 2.24) is 0 Å². The molecule has 0 spiro atoms. The molecule has 3 aromatic carbocycles. The molecule has 3 rings (SSSR count). The van der Waals surface area contributed by atoms with Crippen LogP contribution < -0.4 is 0 Å². The smallest absolute Gasteiger partial charge is 0.303 e. The van der Waals surface area contributed by atoms with E-state index in [9.17, 15) is 29.4 Å². The van der Waals surface area contributed by atoms with Crippen molar-refractivity contribution in [3.63, 3.8) is 0 Å². The maximum Gasteiger partial charge on any atom is 0.303 e. The number of phenolic OH excluding ortho intramolecular Hbond substituents is 2. The highest BCUT2D eigenvalue weighted by molar-refractivity contribution is 5.88. The minimum atomic E-state index is -0.755. The Morgan fingerprint density at radius 3 is 1.95 bits per heavy atom. The standard InChI is InChI=1S/C31H32O7/c1-3-4-5-9-25(30(37)19-38-20(2)34)23-7-6-8-24(16-23)31(26-14-21(17-32)10-12-28(26)35)27-15-22(18-33)11-13-29(27)36/h6-8,10-18,25,31,35-36H,3-5,9,19H2,1-2H3. The molecular formula is C31H32O7. The zero-order valence-electron chi connectivity index (χ0n) is 21.6. The van der Waals surface area contributed by atoms with Gasteiger partial charge in [-0.15, -0.1) is 0 Å². The predicted molar refractivity (Wildman–Crippen MR) is 143 cm³/mol. The van der Waals surface area contributed by atoms with Crippen LogP contribution in [-0.4, -0.2) is 41.1 Å². The lowest BCUT2D eigenvalue weighted by Crippen LogP contribution is -2.20. The first-order valence-electron chi connectivity index (χ1n) is 12.6. The Labute approximate surface area is 222 Å². The summed E-state index contributed by atoms with van der Waals surface area (Å²) in [5, 5.41) is 21.6. The number of unbranched alkanes of at least 4 members (excludes halogenated alkanes) is 2. The molecule has 0 aliphatic rings. The predicted octanol–water partition coefficient (Wildman–Crippen LogP) is 5.70. The van der Waals surface area contributed by atoms with Crippen molar-refractivity contribution in [3.8, 4) is 11.5 Å². The van der Waals surface area contributed by atoms with Gasteiger partial charge in [-0.25, -0.2) is 0 Å². The minimum absolute atomic E-state index is 0.0904. The van der Waals surface area contributed by atoms with Crippen molar-refractivity contribution in [2.75, 3.05) is 6.61 Å². The molecule has 0 aromatic heterocycles. The summed E-state index contributed by atoms with van der Waals surface area (Å²) in [4.78, 5) is 47.5. The van der Waals surface area contributed by atoms with E-state index in [1.807, 2.05) is 12.1 Å². The molecule has 0 bridgehead atoms. The van der Waals surface area contributed by atoms with E-state index in [1.54, 1.807) is 12.1 Å². The first kappa shape index (κ1) is 28.3. The number of hydrogen-bond acceptors (Lipinski definition) is 7. The van der Waals surface area contributed by atoms with E-state index in [0.717, 1.165) is 19.3 Å². The molecule has 2 N–H and O–H groups in total. The fourth-order valence-corrected chi connectivity index (χ4v) is 4.62. The number of aldehydes is 2. The van der Waals surface area contributed by atoms with Gasteiger partial charge in [0.1, 0.15) is 24.1 Å². The molecule has 7 nitrogen and oxygen atoms in total. The molecule has 0 heterocycles. The second-order valence-corrected chi connectivity index (χ2v) is 9.27. The van der Waals surface area contributed by atoms with Crippen molar-refractivity contribution in [1.29, 1.82) is 0 Å². The molecule has 38 heavy (non-hydrogen) atoms. The highest BCUT2D eigenvalue weighted by Gasteiger charge is 2.27. The molecule has 7 heteroatoms. The maximum absolute atomic E-state index is 13.1. The molecule has 0 radical (unpaired) electrons. The van der Waals surface area contributed by atoms with E-state index in [0.29, 0.717) is 52.4 Å². The number of ketones is 1. The maximum atomic E-state index is 13.1. The van der Waals surface area contributed by atoms with Gasteiger partial charge in [0.25, 0.3) is 0 Å². The van der Waals surface area contributed by atoms with E-state index >= 15 is 0 Å². The SMILES string of the molecule is CCCCCC(C(=O)COC(C)=O)c1cccc(C(c2cc(C=O)ccc2O)c2cc(C=O)ccc2O)c1. The van der Waals surface area contributed by atoms with Crippen molar-refractivity contribution < 1.29 is 34.1 Å². The van der Waals surface area contributed by atoms with Gasteiger partial charge in [0.2, 0.25) is 0 Å². The molecule has 0 saturated heterocycles. The Morgan fingerprint density at radius 1 is 0.842 bits per heavy atom. The first-order valence-corrected chi connectivity index (χ1v) is 12.6. The van der Waals surface area contributed by atoms with Gasteiger partial charge in [0.15, 0.2) is 12.4 Å². The summed E-state index contributed by atoms with van der Waals surface area (Å²) in [5.41, 5.74) is 2.73. The lowest BCUT2D eigenvalue weighted by molar-refractivity contribution is -0.146. The van der Waals surface area contributed by atoms with Gasteiger partial charge >= 0.3 is 5.97 Å². The van der Waals surface area contributed by atoms with Gasteiger partial charge in [-0.2, -0.15) is 0 Å². The zero-order valence-corrected chi connectivity index (χ0v) is 21.6. The van der Waals surface area contributed by atoms with Crippen LogP contribution in [0.2, 0.25) is 0 Å². The second-order valence-electron chi connectivity index (χ2n) is 9.27. The molecular weight excluding hydrogens is 484 g/mol. The summed E-state index contributed by atoms with van der Waals surface area (Å²) >= 11 is 0. The zero-order chi connectivity index (χ0) is 27.7. The summed E-state index contributed by atoms with van der Waals surface area (Å²) in [6.07, 6.45) is 4.62. The molecule has 3 aromatic rings. The van der Waals surface area contributed by atoms with Crippen LogP contribution in [0.5, 0.6) is 11.5 Å². The second kappa shape index (κ2) is 13.3. The van der Waals surface area contributed by atoms with Crippen LogP contribution >= 0.6 is 0 Å². The number of benzene rings is 3. The third-order valence-electron chi connectivity index (χ3n) is 6.55. The Morgan fingerprint density at radius 2 is 1.42 bits per heavy atom. The van der Waals surface area contributed by atoms with E-state index < -0.39 is 17.8 Å². The molecule has 0 aliphatic heterocycles. The van der Waals surface area contributed by atoms with Crippen molar-refractivity contribution in [3.05, 3.63) is 94.0 Å². The Kier molecular flexibility index (Phi) is 9.93. The quantitative estimate of drug-likeness (QED) is 0.129. The molecule has 0 saturated carbocycles. The summed E-state index contributed by atoms with van der Waals surface area (Å²) in [5.74, 6) is -2.21. The molecule has 1 unspecified atom stereocenters. The van der Waals surface area contributed by atoms with E-state index in [2.05, 4.69) is 6.92 Å². The van der Waals surface area contributed by atoms with E-state index in [4.69, 9.17) is 4.74 Å². The summed E-state index contributed by atoms with van der Waals surface area (Å²) in [6, 6.07) is 16.1. The number of hydrogen-bond donors (Lipinski definition) is 2. The van der Waals surface area contributed by atoms with E-state index in [-0.39, 0.29) is 23.9 Å². The van der Waals surface area contributed by atoms with Crippen LogP contribution in [0.1, 0.15) is 94.3 Å². The third-order valence-corrected chi connectivity index (χ3v) is 6.55. The highest BCUT2D eigenvalue weighted by Crippen LogP contribution is 2.42. The van der Waals surface area contributed by atoms with Crippen LogP contribution in [0.15, 0.2) is 60.7 Å².